The fraction of sp³-hybridized carbons (Fsp3) is 0.571. The molecule has 1 amide bonds. The van der Waals surface area contributed by atoms with Gasteiger partial charge in [-0.05, 0) is 12.1 Å². The second kappa shape index (κ2) is 7.94. The van der Waals surface area contributed by atoms with Crippen LogP contribution in [-0.4, -0.2) is 61.9 Å². The molecule has 0 spiro atoms. The van der Waals surface area contributed by atoms with Crippen LogP contribution in [0.15, 0.2) is 24.4 Å². The molecule has 1 aromatic rings. The molecular formula is C14H21N3O3. The molecule has 6 heteroatoms. The van der Waals surface area contributed by atoms with E-state index < -0.39 is 6.10 Å². The predicted octanol–water partition coefficient (Wildman–Crippen LogP) is 0.0450. The van der Waals surface area contributed by atoms with Gasteiger partial charge >= 0.3 is 0 Å². The van der Waals surface area contributed by atoms with Crippen molar-refractivity contribution in [2.45, 2.75) is 12.6 Å². The first-order valence-corrected chi connectivity index (χ1v) is 6.81. The minimum absolute atomic E-state index is 0.0140. The normalized spacial score (nSPS) is 18.8. The molecule has 0 radical (unpaired) electrons. The quantitative estimate of drug-likeness (QED) is 0.797. The van der Waals surface area contributed by atoms with Crippen molar-refractivity contribution in [3.8, 4) is 0 Å². The standard InChI is InChI=1S/C14H21N3O3/c1-19-9-7-17(11-12-4-2-3-5-16-12)14(18)13-10-15-6-8-20-13/h2-5,13,15H,6-11H2,1H3. The van der Waals surface area contributed by atoms with Crippen LogP contribution in [0.1, 0.15) is 5.69 Å². The van der Waals surface area contributed by atoms with E-state index in [0.717, 1.165) is 12.2 Å². The molecule has 1 atom stereocenters. The zero-order valence-corrected chi connectivity index (χ0v) is 11.7. The number of pyridine rings is 1. The van der Waals surface area contributed by atoms with Gasteiger partial charge in [0.25, 0.3) is 5.91 Å². The molecule has 0 bridgehead atoms. The van der Waals surface area contributed by atoms with Gasteiger partial charge in [0.1, 0.15) is 6.10 Å². The Labute approximate surface area is 119 Å². The van der Waals surface area contributed by atoms with Gasteiger partial charge in [0.2, 0.25) is 0 Å². The fourth-order valence-electron chi connectivity index (χ4n) is 2.08. The van der Waals surface area contributed by atoms with E-state index in [-0.39, 0.29) is 5.91 Å². The predicted molar refractivity (Wildman–Crippen MR) is 74.1 cm³/mol. The third-order valence-corrected chi connectivity index (χ3v) is 3.16. The van der Waals surface area contributed by atoms with Crippen LogP contribution in [-0.2, 0) is 20.8 Å². The highest BCUT2D eigenvalue weighted by atomic mass is 16.5. The number of rotatable bonds is 6. The van der Waals surface area contributed by atoms with Crippen LogP contribution < -0.4 is 5.32 Å². The first kappa shape index (κ1) is 14.9. The summed E-state index contributed by atoms with van der Waals surface area (Å²) >= 11 is 0. The van der Waals surface area contributed by atoms with E-state index in [1.807, 2.05) is 18.2 Å². The lowest BCUT2D eigenvalue weighted by molar-refractivity contribution is -0.146. The molecule has 1 aromatic heterocycles. The molecule has 1 aliphatic rings. The summed E-state index contributed by atoms with van der Waals surface area (Å²) in [5, 5.41) is 3.17. The first-order chi connectivity index (χ1) is 9.81. The van der Waals surface area contributed by atoms with Gasteiger partial charge in [-0.1, -0.05) is 6.07 Å². The van der Waals surface area contributed by atoms with E-state index in [0.29, 0.717) is 32.8 Å². The minimum atomic E-state index is -0.413. The van der Waals surface area contributed by atoms with Gasteiger partial charge in [-0.15, -0.1) is 0 Å². The average Bonchev–Trinajstić information content (AvgIpc) is 2.52. The lowest BCUT2D eigenvalue weighted by Gasteiger charge is -2.29. The van der Waals surface area contributed by atoms with Crippen LogP contribution in [0.3, 0.4) is 0 Å². The first-order valence-electron chi connectivity index (χ1n) is 6.81. The summed E-state index contributed by atoms with van der Waals surface area (Å²) in [4.78, 5) is 18.5. The molecule has 1 fully saturated rings. The molecule has 0 saturated carbocycles. The van der Waals surface area contributed by atoms with E-state index in [1.165, 1.54) is 0 Å². The van der Waals surface area contributed by atoms with E-state index in [1.54, 1.807) is 18.2 Å². The van der Waals surface area contributed by atoms with Crippen LogP contribution >= 0.6 is 0 Å². The Morgan fingerprint density at radius 3 is 3.15 bits per heavy atom. The third-order valence-electron chi connectivity index (χ3n) is 3.16. The zero-order chi connectivity index (χ0) is 14.2. The van der Waals surface area contributed by atoms with E-state index in [9.17, 15) is 4.79 Å². The number of aromatic nitrogens is 1. The Bertz CT molecular complexity index is 407. The maximum absolute atomic E-state index is 12.5. The average molecular weight is 279 g/mol. The van der Waals surface area contributed by atoms with Crippen molar-refractivity contribution >= 4 is 5.91 Å². The molecule has 2 heterocycles. The Balaban J connectivity index is 2.00. The highest BCUT2D eigenvalue weighted by Gasteiger charge is 2.26. The molecule has 20 heavy (non-hydrogen) atoms. The number of methoxy groups -OCH3 is 1. The number of carbonyl (C=O) groups excluding carboxylic acids is 1. The number of morpholine rings is 1. The maximum atomic E-state index is 12.5. The topological polar surface area (TPSA) is 63.7 Å². The van der Waals surface area contributed by atoms with Crippen LogP contribution in [0.25, 0.3) is 0 Å². The van der Waals surface area contributed by atoms with Crippen LogP contribution in [0.2, 0.25) is 0 Å². The molecule has 1 aliphatic heterocycles. The number of nitrogens with one attached hydrogen (secondary N) is 1. The molecule has 0 aromatic carbocycles. The highest BCUT2D eigenvalue weighted by Crippen LogP contribution is 2.07. The van der Waals surface area contributed by atoms with Crippen LogP contribution in [0.4, 0.5) is 0 Å². The largest absolute Gasteiger partial charge is 0.383 e. The molecule has 110 valence electrons. The van der Waals surface area contributed by atoms with Gasteiger partial charge in [-0.25, -0.2) is 0 Å². The summed E-state index contributed by atoms with van der Waals surface area (Å²) in [6.45, 7) is 3.43. The molecule has 1 unspecified atom stereocenters. The van der Waals surface area contributed by atoms with Gasteiger partial charge in [0.05, 0.1) is 25.5 Å². The van der Waals surface area contributed by atoms with Gasteiger partial charge in [-0.3, -0.25) is 9.78 Å². The SMILES string of the molecule is COCCN(Cc1ccccn1)C(=O)C1CNCCO1. The van der Waals surface area contributed by atoms with Crippen molar-refractivity contribution in [2.75, 3.05) is 40.0 Å². The Kier molecular flexibility index (Phi) is 5.91. The van der Waals surface area contributed by atoms with Gasteiger partial charge < -0.3 is 19.7 Å². The Hall–Kier alpha value is -1.50. The Morgan fingerprint density at radius 1 is 1.60 bits per heavy atom. The second-order valence-corrected chi connectivity index (χ2v) is 4.64. The highest BCUT2D eigenvalue weighted by molar-refractivity contribution is 5.81. The van der Waals surface area contributed by atoms with Crippen molar-refractivity contribution in [1.82, 2.24) is 15.2 Å². The molecular weight excluding hydrogens is 258 g/mol. The smallest absolute Gasteiger partial charge is 0.253 e. The summed E-state index contributed by atoms with van der Waals surface area (Å²) in [6.07, 6.45) is 1.32. The molecule has 0 aliphatic carbocycles. The van der Waals surface area contributed by atoms with Gasteiger partial charge in [-0.2, -0.15) is 0 Å². The van der Waals surface area contributed by atoms with Crippen molar-refractivity contribution < 1.29 is 14.3 Å². The number of amides is 1. The van der Waals surface area contributed by atoms with E-state index >= 15 is 0 Å². The third kappa shape index (κ3) is 4.26. The van der Waals surface area contributed by atoms with E-state index in [4.69, 9.17) is 9.47 Å². The molecule has 2 rings (SSSR count). The molecule has 6 nitrogen and oxygen atoms in total. The summed E-state index contributed by atoms with van der Waals surface area (Å²) in [7, 11) is 1.63. The number of ether oxygens (including phenoxy) is 2. The van der Waals surface area contributed by atoms with Crippen molar-refractivity contribution in [3.63, 3.8) is 0 Å². The van der Waals surface area contributed by atoms with Crippen molar-refractivity contribution in [2.24, 2.45) is 0 Å². The van der Waals surface area contributed by atoms with Crippen molar-refractivity contribution in [1.29, 1.82) is 0 Å². The lowest BCUT2D eigenvalue weighted by atomic mass is 10.2. The fourth-order valence-corrected chi connectivity index (χ4v) is 2.08. The van der Waals surface area contributed by atoms with Crippen molar-refractivity contribution in [3.05, 3.63) is 30.1 Å². The minimum Gasteiger partial charge on any atom is -0.383 e. The number of carbonyl (C=O) groups is 1. The number of nitrogens with zero attached hydrogens (tertiary/aromatic N) is 2. The number of hydrogen-bond donors (Lipinski definition) is 1. The maximum Gasteiger partial charge on any atom is 0.253 e. The second-order valence-electron chi connectivity index (χ2n) is 4.64. The molecule has 1 N–H and O–H groups in total. The summed E-state index contributed by atoms with van der Waals surface area (Å²) in [5.74, 6) is -0.0140. The van der Waals surface area contributed by atoms with Gasteiger partial charge in [0.15, 0.2) is 0 Å². The lowest BCUT2D eigenvalue weighted by Crippen LogP contribution is -2.49. The number of hydrogen-bond acceptors (Lipinski definition) is 5. The Morgan fingerprint density at radius 2 is 2.50 bits per heavy atom. The zero-order valence-electron chi connectivity index (χ0n) is 11.7. The van der Waals surface area contributed by atoms with E-state index in [2.05, 4.69) is 10.3 Å². The summed E-state index contributed by atoms with van der Waals surface area (Å²) in [5.41, 5.74) is 0.862. The van der Waals surface area contributed by atoms with Gasteiger partial charge in [0, 0.05) is 32.9 Å². The summed E-state index contributed by atoms with van der Waals surface area (Å²) in [6, 6.07) is 5.69. The summed E-state index contributed by atoms with van der Waals surface area (Å²) < 4.78 is 10.6. The van der Waals surface area contributed by atoms with Crippen LogP contribution in [0, 0.1) is 0 Å². The molecule has 1 saturated heterocycles. The monoisotopic (exact) mass is 279 g/mol. The van der Waals surface area contributed by atoms with Crippen LogP contribution in [0.5, 0.6) is 0 Å².